The van der Waals surface area contributed by atoms with E-state index >= 15 is 0 Å². The minimum atomic E-state index is -0.115. The van der Waals surface area contributed by atoms with Crippen LogP contribution in [0.15, 0.2) is 45.9 Å². The van der Waals surface area contributed by atoms with E-state index in [0.717, 1.165) is 24.1 Å². The van der Waals surface area contributed by atoms with Gasteiger partial charge in [0.05, 0.1) is 21.5 Å². The summed E-state index contributed by atoms with van der Waals surface area (Å²) in [4.78, 5) is 19.0. The number of hydrogen-bond acceptors (Lipinski definition) is 7. The molecule has 1 saturated carbocycles. The predicted octanol–water partition coefficient (Wildman–Crippen LogP) is 5.69. The van der Waals surface area contributed by atoms with E-state index in [4.69, 9.17) is 27.6 Å². The van der Waals surface area contributed by atoms with Crippen molar-refractivity contribution in [3.8, 4) is 11.3 Å². The number of amides is 1. The Morgan fingerprint density at radius 3 is 2.90 bits per heavy atom. The Labute approximate surface area is 185 Å². The summed E-state index contributed by atoms with van der Waals surface area (Å²) in [5.41, 5.74) is 1.56. The second-order valence-corrected chi connectivity index (χ2v) is 8.98. The van der Waals surface area contributed by atoms with Crippen LogP contribution in [0.25, 0.3) is 11.3 Å². The molecule has 0 N–H and O–H groups in total. The molecular formula is C19H16Cl2N4O2S2. The minimum Gasteiger partial charge on any atom is -0.416 e. The molecule has 1 aromatic carbocycles. The van der Waals surface area contributed by atoms with Gasteiger partial charge >= 0.3 is 0 Å². The number of carbonyl (C=O) groups excluding carboxylic acids is 1. The van der Waals surface area contributed by atoms with Gasteiger partial charge in [-0.15, -0.1) is 28.1 Å². The van der Waals surface area contributed by atoms with E-state index in [1.54, 1.807) is 23.1 Å². The highest BCUT2D eigenvalue weighted by molar-refractivity contribution is 7.99. The van der Waals surface area contributed by atoms with Gasteiger partial charge in [-0.25, -0.2) is 4.98 Å². The number of thiazole rings is 1. The van der Waals surface area contributed by atoms with Gasteiger partial charge in [0.15, 0.2) is 5.13 Å². The predicted molar refractivity (Wildman–Crippen MR) is 117 cm³/mol. The molecule has 4 rings (SSSR count). The van der Waals surface area contributed by atoms with Crippen LogP contribution in [0.3, 0.4) is 0 Å². The van der Waals surface area contributed by atoms with E-state index < -0.39 is 0 Å². The SMILES string of the molecule is C=CCN(C(=O)CSc1nnc(C2CC2)o1)c1nc(-c2ccc(Cl)c(Cl)c2)cs1. The summed E-state index contributed by atoms with van der Waals surface area (Å²) in [6.07, 6.45) is 3.84. The van der Waals surface area contributed by atoms with Crippen molar-refractivity contribution in [3.63, 3.8) is 0 Å². The third kappa shape index (κ3) is 4.83. The van der Waals surface area contributed by atoms with Crippen LogP contribution < -0.4 is 4.90 Å². The van der Waals surface area contributed by atoms with E-state index in [-0.39, 0.29) is 11.7 Å². The number of carbonyl (C=O) groups is 1. The molecule has 0 bridgehead atoms. The molecular weight excluding hydrogens is 451 g/mol. The summed E-state index contributed by atoms with van der Waals surface area (Å²) in [6, 6.07) is 5.32. The molecule has 0 spiro atoms. The molecule has 2 aromatic heterocycles. The Morgan fingerprint density at radius 1 is 1.34 bits per heavy atom. The summed E-state index contributed by atoms with van der Waals surface area (Å²) < 4.78 is 5.60. The van der Waals surface area contributed by atoms with Crippen LogP contribution in [-0.2, 0) is 4.79 Å². The summed E-state index contributed by atoms with van der Waals surface area (Å²) >= 11 is 14.7. The van der Waals surface area contributed by atoms with Crippen molar-refractivity contribution >= 4 is 57.3 Å². The molecule has 1 amide bonds. The fourth-order valence-electron chi connectivity index (χ4n) is 2.57. The van der Waals surface area contributed by atoms with Gasteiger partial charge in [-0.1, -0.05) is 47.1 Å². The van der Waals surface area contributed by atoms with Gasteiger partial charge < -0.3 is 4.42 Å². The average Bonchev–Trinajstić information content (AvgIpc) is 3.26. The van der Waals surface area contributed by atoms with Crippen molar-refractivity contribution in [1.29, 1.82) is 0 Å². The third-order valence-corrected chi connectivity index (χ3v) is 6.62. The molecule has 10 heteroatoms. The Kier molecular flexibility index (Phi) is 6.24. The highest BCUT2D eigenvalue weighted by Crippen LogP contribution is 2.40. The standard InChI is InChI=1S/C19H16Cl2N4O2S2/c1-2-7-25(16(26)10-29-19-24-23-17(27-19)11-3-4-11)18-22-15(9-28-18)12-5-6-13(20)14(21)8-12/h2,5-6,8-9,11H,1,3-4,7,10H2. The number of nitrogens with zero attached hydrogens (tertiary/aromatic N) is 4. The van der Waals surface area contributed by atoms with Crippen molar-refractivity contribution in [2.24, 2.45) is 0 Å². The maximum absolute atomic E-state index is 12.8. The van der Waals surface area contributed by atoms with Gasteiger partial charge in [-0.2, -0.15) is 0 Å². The van der Waals surface area contributed by atoms with Gasteiger partial charge in [-0.3, -0.25) is 9.69 Å². The Hall–Kier alpha value is -1.87. The normalized spacial score (nSPS) is 13.4. The molecule has 1 fully saturated rings. The lowest BCUT2D eigenvalue weighted by Crippen LogP contribution is -2.32. The summed E-state index contributed by atoms with van der Waals surface area (Å²) in [5, 5.41) is 11.9. The highest BCUT2D eigenvalue weighted by atomic mass is 35.5. The maximum atomic E-state index is 12.8. The van der Waals surface area contributed by atoms with Gasteiger partial charge in [0.25, 0.3) is 5.22 Å². The molecule has 0 atom stereocenters. The number of aromatic nitrogens is 3. The van der Waals surface area contributed by atoms with Crippen molar-refractivity contribution in [3.05, 3.63) is 52.2 Å². The fraction of sp³-hybridized carbons (Fsp3) is 0.263. The van der Waals surface area contributed by atoms with Crippen molar-refractivity contribution < 1.29 is 9.21 Å². The first-order valence-corrected chi connectivity index (χ1v) is 11.5. The zero-order valence-corrected chi connectivity index (χ0v) is 18.3. The Morgan fingerprint density at radius 2 is 2.17 bits per heavy atom. The number of anilines is 1. The molecule has 29 heavy (non-hydrogen) atoms. The van der Waals surface area contributed by atoms with Crippen LogP contribution in [0.2, 0.25) is 10.0 Å². The highest BCUT2D eigenvalue weighted by Gasteiger charge is 2.29. The van der Waals surface area contributed by atoms with Crippen LogP contribution in [-0.4, -0.2) is 33.4 Å². The van der Waals surface area contributed by atoms with Crippen LogP contribution in [0.5, 0.6) is 0 Å². The zero-order chi connectivity index (χ0) is 20.4. The summed E-state index contributed by atoms with van der Waals surface area (Å²) in [6.45, 7) is 4.10. The van der Waals surface area contributed by atoms with Gasteiger partial charge in [-0.05, 0) is 25.0 Å². The molecule has 150 valence electrons. The van der Waals surface area contributed by atoms with Crippen LogP contribution in [0, 0.1) is 0 Å². The lowest BCUT2D eigenvalue weighted by molar-refractivity contribution is -0.116. The molecule has 1 aliphatic rings. The Bertz CT molecular complexity index is 1050. The number of halogens is 2. The lowest BCUT2D eigenvalue weighted by atomic mass is 10.2. The fourth-order valence-corrected chi connectivity index (χ4v) is 4.37. The maximum Gasteiger partial charge on any atom is 0.277 e. The molecule has 0 unspecified atom stereocenters. The molecule has 0 aliphatic heterocycles. The van der Waals surface area contributed by atoms with Gasteiger partial charge in [0.1, 0.15) is 0 Å². The second-order valence-electron chi connectivity index (χ2n) is 6.41. The van der Waals surface area contributed by atoms with E-state index in [2.05, 4.69) is 21.8 Å². The zero-order valence-electron chi connectivity index (χ0n) is 15.2. The molecule has 2 heterocycles. The van der Waals surface area contributed by atoms with Crippen LogP contribution >= 0.6 is 46.3 Å². The average molecular weight is 467 g/mol. The second kappa shape index (κ2) is 8.87. The van der Waals surface area contributed by atoms with Crippen molar-refractivity contribution in [2.45, 2.75) is 24.0 Å². The third-order valence-electron chi connectivity index (χ3n) is 4.22. The molecule has 3 aromatic rings. The summed E-state index contributed by atoms with van der Waals surface area (Å²) in [7, 11) is 0. The van der Waals surface area contributed by atoms with E-state index in [1.165, 1.54) is 23.1 Å². The number of thioether (sulfide) groups is 1. The Balaban J connectivity index is 1.46. The van der Waals surface area contributed by atoms with E-state index in [0.29, 0.717) is 38.8 Å². The molecule has 0 radical (unpaired) electrons. The smallest absolute Gasteiger partial charge is 0.277 e. The van der Waals surface area contributed by atoms with E-state index in [1.807, 2.05) is 11.4 Å². The number of hydrogen-bond donors (Lipinski definition) is 0. The van der Waals surface area contributed by atoms with Crippen LogP contribution in [0.4, 0.5) is 5.13 Å². The molecule has 1 aliphatic carbocycles. The minimum absolute atomic E-state index is 0.115. The first-order chi connectivity index (χ1) is 14.0. The quantitative estimate of drug-likeness (QED) is 0.313. The van der Waals surface area contributed by atoms with Crippen molar-refractivity contribution in [2.75, 3.05) is 17.2 Å². The van der Waals surface area contributed by atoms with Crippen LogP contribution in [0.1, 0.15) is 24.7 Å². The number of rotatable bonds is 8. The molecule has 6 nitrogen and oxygen atoms in total. The molecule has 0 saturated heterocycles. The monoisotopic (exact) mass is 466 g/mol. The first kappa shape index (κ1) is 20.4. The van der Waals surface area contributed by atoms with E-state index in [9.17, 15) is 4.79 Å². The summed E-state index contributed by atoms with van der Waals surface area (Å²) in [5.74, 6) is 1.10. The van der Waals surface area contributed by atoms with Crippen molar-refractivity contribution in [1.82, 2.24) is 15.2 Å². The van der Waals surface area contributed by atoms with Gasteiger partial charge in [0.2, 0.25) is 11.8 Å². The first-order valence-electron chi connectivity index (χ1n) is 8.83. The lowest BCUT2D eigenvalue weighted by Gasteiger charge is -2.17. The number of benzene rings is 1. The van der Waals surface area contributed by atoms with Gasteiger partial charge in [0, 0.05) is 23.4 Å². The topological polar surface area (TPSA) is 72.1 Å². The largest absolute Gasteiger partial charge is 0.416 e.